The van der Waals surface area contributed by atoms with Crippen LogP contribution < -0.4 is 5.73 Å². The number of nitrogens with zero attached hydrogens (tertiary/aromatic N) is 1. The quantitative estimate of drug-likeness (QED) is 0.621. The van der Waals surface area contributed by atoms with E-state index in [0.717, 1.165) is 6.26 Å². The molecule has 0 saturated heterocycles. The molecular weight excluding hydrogens is 256 g/mol. The average molecular weight is 272 g/mol. The number of carbonyl (C=O) groups is 1. The summed E-state index contributed by atoms with van der Waals surface area (Å²) in [5.41, 5.74) is 6.73. The van der Waals surface area contributed by atoms with Crippen LogP contribution in [0, 0.1) is 6.92 Å². The number of nitrogen functional groups attached to an aromatic ring is 1. The zero-order chi connectivity index (χ0) is 13.8. The van der Waals surface area contributed by atoms with E-state index in [0.29, 0.717) is 16.9 Å². The van der Waals surface area contributed by atoms with Crippen molar-refractivity contribution in [1.29, 1.82) is 0 Å². The van der Waals surface area contributed by atoms with Gasteiger partial charge in [-0.3, -0.25) is 4.98 Å². The Kier molecular flexibility index (Phi) is 4.66. The minimum absolute atomic E-state index is 0.00552. The van der Waals surface area contributed by atoms with Gasteiger partial charge in [0.25, 0.3) is 0 Å². The summed E-state index contributed by atoms with van der Waals surface area (Å²) in [6, 6.07) is 1.49. The van der Waals surface area contributed by atoms with Gasteiger partial charge in [0.15, 0.2) is 0 Å². The van der Waals surface area contributed by atoms with Crippen LogP contribution in [0.5, 0.6) is 0 Å². The van der Waals surface area contributed by atoms with Crippen LogP contribution in [0.2, 0.25) is 0 Å². The lowest BCUT2D eigenvalue weighted by Gasteiger charge is -2.06. The van der Waals surface area contributed by atoms with Crippen LogP contribution >= 0.6 is 0 Å². The summed E-state index contributed by atoms with van der Waals surface area (Å²) in [7, 11) is -3.03. The summed E-state index contributed by atoms with van der Waals surface area (Å²) < 4.78 is 26.7. The first-order valence-electron chi connectivity index (χ1n) is 5.36. The molecule has 1 aromatic heterocycles. The lowest BCUT2D eigenvalue weighted by atomic mass is 10.2. The van der Waals surface area contributed by atoms with Gasteiger partial charge in [-0.05, 0) is 19.4 Å². The van der Waals surface area contributed by atoms with Crippen molar-refractivity contribution >= 4 is 21.5 Å². The van der Waals surface area contributed by atoms with Gasteiger partial charge in [0.05, 0.1) is 35.5 Å². The molecule has 0 fully saturated rings. The Morgan fingerprint density at radius 3 is 2.78 bits per heavy atom. The van der Waals surface area contributed by atoms with Crippen molar-refractivity contribution in [2.24, 2.45) is 0 Å². The fourth-order valence-electron chi connectivity index (χ4n) is 1.32. The van der Waals surface area contributed by atoms with Gasteiger partial charge >= 0.3 is 5.97 Å². The number of nitrogens with two attached hydrogens (primary N) is 1. The second-order valence-electron chi connectivity index (χ2n) is 4.02. The number of aryl methyl sites for hydroxylation is 1. The Morgan fingerprint density at radius 2 is 2.17 bits per heavy atom. The third kappa shape index (κ3) is 4.70. The molecule has 0 aliphatic carbocycles. The molecule has 0 aliphatic rings. The summed E-state index contributed by atoms with van der Waals surface area (Å²) in [5, 5.41) is 0. The molecule has 100 valence electrons. The molecule has 18 heavy (non-hydrogen) atoms. The summed E-state index contributed by atoms with van der Waals surface area (Å²) in [6.07, 6.45) is 2.87. The lowest BCUT2D eigenvalue weighted by Crippen LogP contribution is -2.12. The number of aromatic nitrogens is 1. The molecule has 0 radical (unpaired) electrons. The van der Waals surface area contributed by atoms with Crippen molar-refractivity contribution < 1.29 is 17.9 Å². The van der Waals surface area contributed by atoms with E-state index in [9.17, 15) is 13.2 Å². The van der Waals surface area contributed by atoms with Crippen molar-refractivity contribution in [2.75, 3.05) is 24.3 Å². The first-order valence-corrected chi connectivity index (χ1v) is 7.42. The summed E-state index contributed by atoms with van der Waals surface area (Å²) in [5.74, 6) is -0.546. The first-order chi connectivity index (χ1) is 8.29. The zero-order valence-electron chi connectivity index (χ0n) is 10.3. The topological polar surface area (TPSA) is 99.3 Å². The maximum absolute atomic E-state index is 11.7. The molecule has 0 unspecified atom stereocenters. The van der Waals surface area contributed by atoms with Gasteiger partial charge in [-0.25, -0.2) is 13.2 Å². The maximum Gasteiger partial charge on any atom is 0.340 e. The monoisotopic (exact) mass is 272 g/mol. The molecule has 0 bridgehead atoms. The highest BCUT2D eigenvalue weighted by molar-refractivity contribution is 7.90. The number of carbonyl (C=O) groups excluding carboxylic acids is 1. The van der Waals surface area contributed by atoms with Gasteiger partial charge in [0, 0.05) is 6.26 Å². The molecule has 1 heterocycles. The first kappa shape index (κ1) is 14.4. The summed E-state index contributed by atoms with van der Waals surface area (Å²) in [4.78, 5) is 15.6. The summed E-state index contributed by atoms with van der Waals surface area (Å²) >= 11 is 0. The van der Waals surface area contributed by atoms with Crippen molar-refractivity contribution in [3.63, 3.8) is 0 Å². The van der Waals surface area contributed by atoms with Crippen LogP contribution in [0.1, 0.15) is 22.5 Å². The van der Waals surface area contributed by atoms with Gasteiger partial charge in [-0.1, -0.05) is 0 Å². The largest absolute Gasteiger partial charge is 0.462 e. The molecule has 0 aliphatic heterocycles. The highest BCUT2D eigenvalue weighted by atomic mass is 32.2. The van der Waals surface area contributed by atoms with Crippen LogP contribution in [0.25, 0.3) is 0 Å². The number of rotatable bonds is 5. The molecule has 1 rings (SSSR count). The number of esters is 1. The Balaban J connectivity index is 2.53. The molecule has 0 spiro atoms. The Morgan fingerprint density at radius 1 is 1.50 bits per heavy atom. The van der Waals surface area contributed by atoms with Gasteiger partial charge in [0.1, 0.15) is 9.84 Å². The van der Waals surface area contributed by atoms with Crippen LogP contribution in [-0.4, -0.2) is 38.0 Å². The Hall–Kier alpha value is -1.63. The van der Waals surface area contributed by atoms with Crippen molar-refractivity contribution in [3.05, 3.63) is 23.5 Å². The van der Waals surface area contributed by atoms with Crippen LogP contribution in [-0.2, 0) is 14.6 Å². The molecule has 0 saturated carbocycles. The van der Waals surface area contributed by atoms with E-state index in [4.69, 9.17) is 10.5 Å². The Labute approximate surface area is 106 Å². The Bertz CT molecular complexity index is 540. The normalized spacial score (nSPS) is 11.2. The molecule has 1 aromatic rings. The van der Waals surface area contributed by atoms with E-state index >= 15 is 0 Å². The zero-order valence-corrected chi connectivity index (χ0v) is 11.2. The molecule has 0 atom stereocenters. The van der Waals surface area contributed by atoms with Crippen molar-refractivity contribution in [2.45, 2.75) is 13.3 Å². The average Bonchev–Trinajstić information content (AvgIpc) is 2.26. The number of pyridine rings is 1. The van der Waals surface area contributed by atoms with Gasteiger partial charge in [0.2, 0.25) is 0 Å². The van der Waals surface area contributed by atoms with Gasteiger partial charge in [-0.15, -0.1) is 0 Å². The van der Waals surface area contributed by atoms with Crippen molar-refractivity contribution in [1.82, 2.24) is 4.98 Å². The molecule has 6 nitrogen and oxygen atoms in total. The smallest absolute Gasteiger partial charge is 0.340 e. The number of hydrogen-bond acceptors (Lipinski definition) is 6. The van der Waals surface area contributed by atoms with Crippen LogP contribution in [0.3, 0.4) is 0 Å². The second kappa shape index (κ2) is 5.81. The van der Waals surface area contributed by atoms with Crippen LogP contribution in [0.15, 0.2) is 12.3 Å². The maximum atomic E-state index is 11.7. The number of sulfone groups is 1. The molecule has 2 N–H and O–H groups in total. The third-order valence-electron chi connectivity index (χ3n) is 2.22. The summed E-state index contributed by atoms with van der Waals surface area (Å²) in [6.45, 7) is 1.73. The molecule has 7 heteroatoms. The third-order valence-corrected chi connectivity index (χ3v) is 3.25. The van der Waals surface area contributed by atoms with E-state index in [1.165, 1.54) is 12.3 Å². The van der Waals surface area contributed by atoms with Gasteiger partial charge < -0.3 is 10.5 Å². The number of anilines is 1. The standard InChI is InChI=1S/C11H16N2O4S/c1-8-10(6-9(12)7-13-8)11(14)17-4-3-5-18(2,15)16/h6-7H,3-5,12H2,1-2H3. The molecule has 0 aromatic carbocycles. The number of ether oxygens (including phenoxy) is 1. The van der Waals surface area contributed by atoms with Gasteiger partial charge in [-0.2, -0.15) is 0 Å². The molecule has 0 amide bonds. The fourth-order valence-corrected chi connectivity index (χ4v) is 1.96. The lowest BCUT2D eigenvalue weighted by molar-refractivity contribution is 0.0504. The fraction of sp³-hybridized carbons (Fsp3) is 0.455. The van der Waals surface area contributed by atoms with E-state index in [1.807, 2.05) is 0 Å². The SMILES string of the molecule is Cc1ncc(N)cc1C(=O)OCCCS(C)(=O)=O. The van der Waals surface area contributed by atoms with E-state index < -0.39 is 15.8 Å². The second-order valence-corrected chi connectivity index (χ2v) is 6.28. The van der Waals surface area contributed by atoms with E-state index in [1.54, 1.807) is 6.92 Å². The highest BCUT2D eigenvalue weighted by Gasteiger charge is 2.12. The van der Waals surface area contributed by atoms with E-state index in [-0.39, 0.29) is 18.8 Å². The predicted octanol–water partition coefficient (Wildman–Crippen LogP) is 0.564. The predicted molar refractivity (Wildman–Crippen MR) is 68.0 cm³/mol. The minimum atomic E-state index is -3.03. The van der Waals surface area contributed by atoms with Crippen LogP contribution in [0.4, 0.5) is 5.69 Å². The number of hydrogen-bond donors (Lipinski definition) is 1. The van der Waals surface area contributed by atoms with E-state index in [2.05, 4.69) is 4.98 Å². The highest BCUT2D eigenvalue weighted by Crippen LogP contribution is 2.11. The minimum Gasteiger partial charge on any atom is -0.462 e. The van der Waals surface area contributed by atoms with Crippen molar-refractivity contribution in [3.8, 4) is 0 Å². The molecular formula is C11H16N2O4S.